The Bertz CT molecular complexity index is 881. The zero-order valence-corrected chi connectivity index (χ0v) is 12.7. The van der Waals surface area contributed by atoms with Gasteiger partial charge in [0.15, 0.2) is 0 Å². The molecule has 1 amide bonds. The molecule has 120 valence electrons. The van der Waals surface area contributed by atoms with E-state index < -0.39 is 23.0 Å². The van der Waals surface area contributed by atoms with Crippen LogP contribution in [0.25, 0.3) is 6.08 Å². The Morgan fingerprint density at radius 2 is 1.96 bits per heavy atom. The largest absolute Gasteiger partial charge is 0.348 e. The molecule has 0 atom stereocenters. The van der Waals surface area contributed by atoms with Crippen molar-refractivity contribution in [2.45, 2.75) is 6.54 Å². The number of carbonyl (C=O) groups excluding carboxylic acids is 1. The van der Waals surface area contributed by atoms with Crippen LogP contribution in [0.2, 0.25) is 0 Å². The summed E-state index contributed by atoms with van der Waals surface area (Å²) in [6, 6.07) is 6.12. The van der Waals surface area contributed by atoms with Gasteiger partial charge in [0.1, 0.15) is 5.82 Å². The minimum absolute atomic E-state index is 0.0428. The molecule has 0 fully saturated rings. The summed E-state index contributed by atoms with van der Waals surface area (Å²) in [6.45, 7) is 0.0428. The molecular formula is C16H16FN3O3. The van der Waals surface area contributed by atoms with E-state index in [2.05, 4.69) is 5.32 Å². The van der Waals surface area contributed by atoms with E-state index in [1.807, 2.05) is 0 Å². The zero-order chi connectivity index (χ0) is 17.0. The van der Waals surface area contributed by atoms with Crippen molar-refractivity contribution in [3.05, 3.63) is 74.3 Å². The number of halogens is 1. The van der Waals surface area contributed by atoms with Crippen molar-refractivity contribution in [3.8, 4) is 0 Å². The molecule has 0 aliphatic heterocycles. The summed E-state index contributed by atoms with van der Waals surface area (Å²) in [5.41, 5.74) is -0.370. The fourth-order valence-electron chi connectivity index (χ4n) is 2.00. The van der Waals surface area contributed by atoms with Gasteiger partial charge in [-0.15, -0.1) is 0 Å². The van der Waals surface area contributed by atoms with Gasteiger partial charge in [0, 0.05) is 38.5 Å². The third-order valence-electron chi connectivity index (χ3n) is 3.30. The SMILES string of the molecule is Cn1cc(/C=C/C(=O)NCc2ccccc2F)c(=O)n(C)c1=O. The highest BCUT2D eigenvalue weighted by Gasteiger charge is 2.05. The number of aryl methyl sites for hydroxylation is 1. The van der Waals surface area contributed by atoms with E-state index in [0.717, 1.165) is 4.57 Å². The smallest absolute Gasteiger partial charge is 0.330 e. The number of aromatic nitrogens is 2. The second-order valence-corrected chi connectivity index (χ2v) is 4.98. The first-order valence-corrected chi connectivity index (χ1v) is 6.86. The van der Waals surface area contributed by atoms with E-state index >= 15 is 0 Å². The molecule has 0 bridgehead atoms. The van der Waals surface area contributed by atoms with Crippen LogP contribution in [0.1, 0.15) is 11.1 Å². The van der Waals surface area contributed by atoms with Gasteiger partial charge in [0.2, 0.25) is 5.91 Å². The van der Waals surface area contributed by atoms with Crippen molar-refractivity contribution in [2.75, 3.05) is 0 Å². The maximum Gasteiger partial charge on any atom is 0.330 e. The monoisotopic (exact) mass is 317 g/mol. The molecule has 0 aliphatic rings. The van der Waals surface area contributed by atoms with E-state index in [9.17, 15) is 18.8 Å². The Morgan fingerprint density at radius 1 is 1.26 bits per heavy atom. The standard InChI is InChI=1S/C16H16FN3O3/c1-19-10-12(15(22)20(2)16(19)23)7-8-14(21)18-9-11-5-3-4-6-13(11)17/h3-8,10H,9H2,1-2H3,(H,18,21)/b8-7+. The molecule has 0 saturated heterocycles. The van der Waals surface area contributed by atoms with E-state index in [4.69, 9.17) is 0 Å². The van der Waals surface area contributed by atoms with Crippen LogP contribution in [0.3, 0.4) is 0 Å². The van der Waals surface area contributed by atoms with E-state index in [-0.39, 0.29) is 12.1 Å². The van der Waals surface area contributed by atoms with E-state index in [1.165, 1.54) is 43.1 Å². The van der Waals surface area contributed by atoms with Gasteiger partial charge in [0.25, 0.3) is 5.56 Å². The van der Waals surface area contributed by atoms with Crippen LogP contribution >= 0.6 is 0 Å². The highest BCUT2D eigenvalue weighted by atomic mass is 19.1. The van der Waals surface area contributed by atoms with Crippen LogP contribution in [0.15, 0.2) is 46.1 Å². The topological polar surface area (TPSA) is 73.1 Å². The van der Waals surface area contributed by atoms with Crippen molar-refractivity contribution < 1.29 is 9.18 Å². The number of amides is 1. The Labute approximate surface area is 131 Å². The molecule has 7 heteroatoms. The lowest BCUT2D eigenvalue weighted by atomic mass is 10.2. The third-order valence-corrected chi connectivity index (χ3v) is 3.30. The molecule has 2 aromatic rings. The van der Waals surface area contributed by atoms with Gasteiger partial charge >= 0.3 is 5.69 Å². The molecule has 0 unspecified atom stereocenters. The second kappa shape index (κ2) is 6.87. The summed E-state index contributed by atoms with van der Waals surface area (Å²) in [4.78, 5) is 35.2. The first kappa shape index (κ1) is 16.4. The molecule has 0 aliphatic carbocycles. The fourth-order valence-corrected chi connectivity index (χ4v) is 2.00. The first-order valence-electron chi connectivity index (χ1n) is 6.86. The number of hydrogen-bond donors (Lipinski definition) is 1. The average molecular weight is 317 g/mol. The van der Waals surface area contributed by atoms with Gasteiger partial charge in [-0.2, -0.15) is 0 Å². The van der Waals surface area contributed by atoms with E-state index in [1.54, 1.807) is 18.2 Å². The van der Waals surface area contributed by atoms with Crippen LogP contribution in [-0.4, -0.2) is 15.0 Å². The number of benzene rings is 1. The number of hydrogen-bond acceptors (Lipinski definition) is 3. The molecule has 6 nitrogen and oxygen atoms in total. The molecule has 1 heterocycles. The maximum atomic E-state index is 13.4. The molecule has 23 heavy (non-hydrogen) atoms. The van der Waals surface area contributed by atoms with Crippen LogP contribution < -0.4 is 16.6 Å². The summed E-state index contributed by atoms with van der Waals surface area (Å²) < 4.78 is 15.6. The molecule has 0 radical (unpaired) electrons. The minimum Gasteiger partial charge on any atom is -0.348 e. The number of carbonyl (C=O) groups is 1. The number of nitrogens with one attached hydrogen (secondary N) is 1. The first-order chi connectivity index (χ1) is 10.9. The summed E-state index contributed by atoms with van der Waals surface area (Å²) in [7, 11) is 2.87. The molecule has 1 N–H and O–H groups in total. The van der Waals surface area contributed by atoms with Gasteiger partial charge in [0.05, 0.1) is 5.56 Å². The lowest BCUT2D eigenvalue weighted by molar-refractivity contribution is -0.116. The third kappa shape index (κ3) is 3.82. The van der Waals surface area contributed by atoms with Crippen LogP contribution in [0.4, 0.5) is 4.39 Å². The Hall–Kier alpha value is -2.96. The molecular weight excluding hydrogens is 301 g/mol. The lowest BCUT2D eigenvalue weighted by Gasteiger charge is -2.04. The average Bonchev–Trinajstić information content (AvgIpc) is 2.54. The molecule has 2 rings (SSSR count). The Balaban J connectivity index is 2.09. The van der Waals surface area contributed by atoms with Crippen LogP contribution in [0.5, 0.6) is 0 Å². The summed E-state index contributed by atoms with van der Waals surface area (Å²) in [6.07, 6.45) is 3.84. The molecule has 0 spiro atoms. The normalized spacial score (nSPS) is 10.9. The van der Waals surface area contributed by atoms with Gasteiger partial charge in [-0.25, -0.2) is 9.18 Å². The van der Waals surface area contributed by atoms with Crippen LogP contribution in [0, 0.1) is 5.82 Å². The highest BCUT2D eigenvalue weighted by Crippen LogP contribution is 2.05. The molecule has 0 saturated carbocycles. The molecule has 1 aromatic heterocycles. The summed E-state index contributed by atoms with van der Waals surface area (Å²) >= 11 is 0. The fraction of sp³-hybridized carbons (Fsp3) is 0.188. The van der Waals surface area contributed by atoms with Crippen molar-refractivity contribution >= 4 is 12.0 Å². The van der Waals surface area contributed by atoms with Crippen LogP contribution in [-0.2, 0) is 25.4 Å². The Morgan fingerprint density at radius 3 is 2.65 bits per heavy atom. The number of nitrogens with zero attached hydrogens (tertiary/aromatic N) is 2. The molecule has 1 aromatic carbocycles. The van der Waals surface area contributed by atoms with Crippen molar-refractivity contribution in [3.63, 3.8) is 0 Å². The van der Waals surface area contributed by atoms with Gasteiger partial charge in [-0.1, -0.05) is 18.2 Å². The van der Waals surface area contributed by atoms with Gasteiger partial charge < -0.3 is 9.88 Å². The second-order valence-electron chi connectivity index (χ2n) is 4.98. The zero-order valence-electron chi connectivity index (χ0n) is 12.7. The van der Waals surface area contributed by atoms with Gasteiger partial charge in [-0.05, 0) is 12.1 Å². The maximum absolute atomic E-state index is 13.4. The number of rotatable bonds is 4. The van der Waals surface area contributed by atoms with Crippen molar-refractivity contribution in [1.82, 2.24) is 14.5 Å². The predicted molar refractivity (Wildman–Crippen MR) is 84.2 cm³/mol. The summed E-state index contributed by atoms with van der Waals surface area (Å²) in [5.74, 6) is -0.868. The lowest BCUT2D eigenvalue weighted by Crippen LogP contribution is -2.37. The minimum atomic E-state index is -0.494. The highest BCUT2D eigenvalue weighted by molar-refractivity contribution is 5.91. The van der Waals surface area contributed by atoms with E-state index in [0.29, 0.717) is 5.56 Å². The van der Waals surface area contributed by atoms with Crippen molar-refractivity contribution in [2.24, 2.45) is 14.1 Å². The Kier molecular flexibility index (Phi) is 4.90. The summed E-state index contributed by atoms with van der Waals surface area (Å²) in [5, 5.41) is 2.53. The van der Waals surface area contributed by atoms with Crippen molar-refractivity contribution in [1.29, 1.82) is 0 Å². The quantitative estimate of drug-likeness (QED) is 0.837. The van der Waals surface area contributed by atoms with Gasteiger partial charge in [-0.3, -0.25) is 14.2 Å². The predicted octanol–water partition coefficient (Wildman–Crippen LogP) is 0.553.